The van der Waals surface area contributed by atoms with Gasteiger partial charge in [-0.25, -0.2) is 4.98 Å². The predicted octanol–water partition coefficient (Wildman–Crippen LogP) is 2.35. The van der Waals surface area contributed by atoms with Crippen molar-refractivity contribution in [2.24, 2.45) is 0 Å². The molecule has 80 valence electrons. The molecule has 1 aromatic rings. The molecule has 14 heavy (non-hydrogen) atoms. The van der Waals surface area contributed by atoms with Gasteiger partial charge in [-0.3, -0.25) is 0 Å². The highest BCUT2D eigenvalue weighted by atomic mass is 35.5. The number of thiazole rings is 1. The van der Waals surface area contributed by atoms with E-state index in [0.29, 0.717) is 18.5 Å². The molecular weight excluding hydrogens is 220 g/mol. The summed E-state index contributed by atoms with van der Waals surface area (Å²) in [5.74, 6) is 0.475. The van der Waals surface area contributed by atoms with Crippen LogP contribution >= 0.6 is 22.9 Å². The first-order chi connectivity index (χ1) is 6.69. The maximum atomic E-state index is 5.69. The van der Waals surface area contributed by atoms with Gasteiger partial charge in [-0.2, -0.15) is 0 Å². The highest BCUT2D eigenvalue weighted by molar-refractivity contribution is 7.13. The fourth-order valence-corrected chi connectivity index (χ4v) is 2.18. The molecule has 0 spiro atoms. The molecule has 0 amide bonds. The number of ether oxygens (including phenoxy) is 1. The van der Waals surface area contributed by atoms with Gasteiger partial charge < -0.3 is 9.64 Å². The van der Waals surface area contributed by atoms with Crippen LogP contribution in [0, 0.1) is 0 Å². The predicted molar refractivity (Wildman–Crippen MR) is 61.4 cm³/mol. The van der Waals surface area contributed by atoms with Gasteiger partial charge >= 0.3 is 0 Å². The number of rotatable bonds is 5. The van der Waals surface area contributed by atoms with Gasteiger partial charge in [0.25, 0.3) is 0 Å². The second-order valence-corrected chi connectivity index (χ2v) is 4.27. The standard InChI is InChI=1S/C9H15ClN2OS/c1-7(5-13-3)12(2)9-11-8(4-10)6-14-9/h6-7H,4-5H2,1-3H3. The van der Waals surface area contributed by atoms with E-state index in [1.807, 2.05) is 12.4 Å². The second-order valence-electron chi connectivity index (χ2n) is 3.17. The molecule has 0 saturated heterocycles. The lowest BCUT2D eigenvalue weighted by Crippen LogP contribution is -2.32. The van der Waals surface area contributed by atoms with Crippen LogP contribution in [0.25, 0.3) is 0 Å². The van der Waals surface area contributed by atoms with Crippen LogP contribution in [-0.4, -0.2) is 31.8 Å². The van der Waals surface area contributed by atoms with Crippen LogP contribution in [0.2, 0.25) is 0 Å². The van der Waals surface area contributed by atoms with E-state index < -0.39 is 0 Å². The first kappa shape index (κ1) is 11.8. The van der Waals surface area contributed by atoms with E-state index in [9.17, 15) is 0 Å². The Bertz CT molecular complexity index is 280. The van der Waals surface area contributed by atoms with Crippen molar-refractivity contribution >= 4 is 28.1 Å². The fraction of sp³-hybridized carbons (Fsp3) is 0.667. The Morgan fingerprint density at radius 3 is 2.93 bits per heavy atom. The van der Waals surface area contributed by atoms with Crippen molar-refractivity contribution in [1.29, 1.82) is 0 Å². The molecule has 0 bridgehead atoms. The summed E-state index contributed by atoms with van der Waals surface area (Å²) in [5.41, 5.74) is 0.933. The molecular formula is C9H15ClN2OS. The summed E-state index contributed by atoms with van der Waals surface area (Å²) in [6.45, 7) is 2.80. The molecule has 1 atom stereocenters. The molecule has 5 heteroatoms. The van der Waals surface area contributed by atoms with E-state index in [1.54, 1.807) is 18.4 Å². The van der Waals surface area contributed by atoms with Crippen molar-refractivity contribution in [3.8, 4) is 0 Å². The van der Waals surface area contributed by atoms with Gasteiger partial charge in [-0.05, 0) is 6.92 Å². The first-order valence-corrected chi connectivity index (χ1v) is 5.82. The average Bonchev–Trinajstić information content (AvgIpc) is 2.65. The second kappa shape index (κ2) is 5.53. The van der Waals surface area contributed by atoms with E-state index in [0.717, 1.165) is 10.8 Å². The molecule has 0 aliphatic rings. The molecule has 0 fully saturated rings. The molecule has 0 aliphatic heterocycles. The number of halogens is 1. The molecule has 1 rings (SSSR count). The van der Waals surface area contributed by atoms with Crippen molar-refractivity contribution in [2.75, 3.05) is 25.7 Å². The van der Waals surface area contributed by atoms with Gasteiger partial charge in [-0.1, -0.05) is 0 Å². The monoisotopic (exact) mass is 234 g/mol. The number of alkyl halides is 1. The minimum Gasteiger partial charge on any atom is -0.383 e. The van der Waals surface area contributed by atoms with E-state index >= 15 is 0 Å². The summed E-state index contributed by atoms with van der Waals surface area (Å²) in [4.78, 5) is 6.49. The smallest absolute Gasteiger partial charge is 0.185 e. The molecule has 0 aromatic carbocycles. The quantitative estimate of drug-likeness (QED) is 0.732. The Hall–Kier alpha value is -0.320. The normalized spacial score (nSPS) is 12.9. The van der Waals surface area contributed by atoms with Gasteiger partial charge in [0.1, 0.15) is 0 Å². The lowest BCUT2D eigenvalue weighted by atomic mass is 10.3. The Labute approximate surface area is 93.7 Å². The molecule has 0 saturated carbocycles. The van der Waals surface area contributed by atoms with Gasteiger partial charge in [0.05, 0.1) is 24.2 Å². The number of anilines is 1. The van der Waals surface area contributed by atoms with E-state index in [2.05, 4.69) is 16.8 Å². The third-order valence-electron chi connectivity index (χ3n) is 2.05. The van der Waals surface area contributed by atoms with Gasteiger partial charge in [0.2, 0.25) is 0 Å². The van der Waals surface area contributed by atoms with Crippen molar-refractivity contribution in [2.45, 2.75) is 18.8 Å². The fourth-order valence-electron chi connectivity index (χ4n) is 1.06. The summed E-state index contributed by atoms with van der Waals surface area (Å²) in [6, 6.07) is 0.328. The SMILES string of the molecule is COCC(C)N(C)c1nc(CCl)cs1. The zero-order valence-electron chi connectivity index (χ0n) is 8.66. The summed E-state index contributed by atoms with van der Waals surface area (Å²) in [7, 11) is 3.72. The zero-order chi connectivity index (χ0) is 10.6. The maximum Gasteiger partial charge on any atom is 0.185 e. The van der Waals surface area contributed by atoms with Crippen LogP contribution in [0.4, 0.5) is 5.13 Å². The number of hydrogen-bond acceptors (Lipinski definition) is 4. The van der Waals surface area contributed by atoms with Crippen LogP contribution in [0.1, 0.15) is 12.6 Å². The van der Waals surface area contributed by atoms with E-state index in [4.69, 9.17) is 16.3 Å². The summed E-state index contributed by atoms with van der Waals surface area (Å²) in [5, 5.41) is 2.98. The average molecular weight is 235 g/mol. The van der Waals surface area contributed by atoms with Crippen molar-refractivity contribution in [3.63, 3.8) is 0 Å². The molecule has 3 nitrogen and oxygen atoms in total. The van der Waals surface area contributed by atoms with Crippen molar-refractivity contribution in [1.82, 2.24) is 4.98 Å². The molecule has 1 aromatic heterocycles. The molecule has 0 aliphatic carbocycles. The highest BCUT2D eigenvalue weighted by Crippen LogP contribution is 2.21. The largest absolute Gasteiger partial charge is 0.383 e. The number of likely N-dealkylation sites (N-methyl/N-ethyl adjacent to an activating group) is 1. The van der Waals surface area contributed by atoms with Crippen LogP contribution < -0.4 is 4.90 Å². The highest BCUT2D eigenvalue weighted by Gasteiger charge is 2.12. The zero-order valence-corrected chi connectivity index (χ0v) is 10.2. The Kier molecular flexibility index (Phi) is 4.65. The number of nitrogens with zero attached hydrogens (tertiary/aromatic N) is 2. The van der Waals surface area contributed by atoms with E-state index in [-0.39, 0.29) is 0 Å². The summed E-state index contributed by atoms with van der Waals surface area (Å²) >= 11 is 7.30. The van der Waals surface area contributed by atoms with Gasteiger partial charge in [0.15, 0.2) is 5.13 Å². The maximum absolute atomic E-state index is 5.69. The third kappa shape index (κ3) is 2.83. The topological polar surface area (TPSA) is 25.4 Å². The molecule has 0 N–H and O–H groups in total. The number of hydrogen-bond donors (Lipinski definition) is 0. The summed E-state index contributed by atoms with van der Waals surface area (Å²) in [6.07, 6.45) is 0. The van der Waals surface area contributed by atoms with Crippen LogP contribution in [0.5, 0.6) is 0 Å². The van der Waals surface area contributed by atoms with Gasteiger partial charge in [0, 0.05) is 19.5 Å². The minimum absolute atomic E-state index is 0.328. The van der Waals surface area contributed by atoms with Gasteiger partial charge in [-0.15, -0.1) is 22.9 Å². The molecule has 0 radical (unpaired) electrons. The lowest BCUT2D eigenvalue weighted by Gasteiger charge is -2.23. The Morgan fingerprint density at radius 2 is 2.43 bits per heavy atom. The number of methoxy groups -OCH3 is 1. The van der Waals surface area contributed by atoms with Crippen LogP contribution in [0.15, 0.2) is 5.38 Å². The summed E-state index contributed by atoms with van der Waals surface area (Å²) < 4.78 is 5.09. The number of aromatic nitrogens is 1. The van der Waals surface area contributed by atoms with Crippen LogP contribution in [-0.2, 0) is 10.6 Å². The van der Waals surface area contributed by atoms with Crippen LogP contribution in [0.3, 0.4) is 0 Å². The molecule has 1 heterocycles. The molecule has 1 unspecified atom stereocenters. The van der Waals surface area contributed by atoms with Crippen molar-refractivity contribution in [3.05, 3.63) is 11.1 Å². The Morgan fingerprint density at radius 1 is 1.71 bits per heavy atom. The minimum atomic E-state index is 0.328. The Balaban J connectivity index is 2.63. The van der Waals surface area contributed by atoms with Crippen molar-refractivity contribution < 1.29 is 4.74 Å². The first-order valence-electron chi connectivity index (χ1n) is 4.41. The third-order valence-corrected chi connectivity index (χ3v) is 3.30. The van der Waals surface area contributed by atoms with E-state index in [1.165, 1.54) is 0 Å². The lowest BCUT2D eigenvalue weighted by molar-refractivity contribution is 0.183.